The van der Waals surface area contributed by atoms with Crippen molar-refractivity contribution in [1.29, 1.82) is 0 Å². The fourth-order valence-electron chi connectivity index (χ4n) is 3.16. The van der Waals surface area contributed by atoms with Crippen LogP contribution in [0.5, 0.6) is 0 Å². The molecular weight excluding hydrogens is 262 g/mol. The Morgan fingerprint density at radius 1 is 1.38 bits per heavy atom. The Balaban J connectivity index is 2.04. The van der Waals surface area contributed by atoms with Crippen LogP contribution in [0.2, 0.25) is 0 Å². The van der Waals surface area contributed by atoms with Crippen LogP contribution in [0.15, 0.2) is 30.3 Å². The van der Waals surface area contributed by atoms with Gasteiger partial charge in [0.25, 0.3) is 0 Å². The first-order valence-corrected chi connectivity index (χ1v) is 7.58. The average Bonchev–Trinajstić information content (AvgIpc) is 2.92. The lowest BCUT2D eigenvalue weighted by Gasteiger charge is -2.29. The van der Waals surface area contributed by atoms with E-state index < -0.39 is 0 Å². The minimum atomic E-state index is 0.255. The van der Waals surface area contributed by atoms with Gasteiger partial charge in [0.1, 0.15) is 5.82 Å². The zero-order valence-electron chi connectivity index (χ0n) is 13.0. The fraction of sp³-hybridized carbons (Fsp3) is 0.471. The highest BCUT2D eigenvalue weighted by Crippen LogP contribution is 2.28. The molecule has 2 aromatic rings. The number of aromatic nitrogens is 1. The van der Waals surface area contributed by atoms with Crippen LogP contribution in [0.4, 0.5) is 5.82 Å². The molecule has 1 fully saturated rings. The number of benzene rings is 1. The van der Waals surface area contributed by atoms with Gasteiger partial charge in [0.15, 0.2) is 0 Å². The minimum absolute atomic E-state index is 0.255. The number of rotatable bonds is 4. The Kier molecular flexibility index (Phi) is 4.08. The molecule has 1 aliphatic heterocycles. The minimum Gasteiger partial charge on any atom is -0.376 e. The van der Waals surface area contributed by atoms with Gasteiger partial charge >= 0.3 is 0 Å². The number of likely N-dealkylation sites (N-methyl/N-ethyl adjacent to an activating group) is 1. The summed E-state index contributed by atoms with van der Waals surface area (Å²) in [6, 6.07) is 10.9. The maximum absolute atomic E-state index is 5.71. The molecule has 2 heterocycles. The van der Waals surface area contributed by atoms with Crippen molar-refractivity contribution in [2.24, 2.45) is 0 Å². The zero-order chi connectivity index (χ0) is 14.8. The van der Waals surface area contributed by atoms with Crippen molar-refractivity contribution in [2.45, 2.75) is 32.0 Å². The third kappa shape index (κ3) is 2.74. The molecule has 2 unspecified atom stereocenters. The molecule has 0 bridgehead atoms. The molecular formula is C17H23N3O. The molecule has 1 N–H and O–H groups in total. The molecule has 1 saturated heterocycles. The summed E-state index contributed by atoms with van der Waals surface area (Å²) in [7, 11) is 4.10. The van der Waals surface area contributed by atoms with Crippen molar-refractivity contribution in [3.8, 4) is 0 Å². The Morgan fingerprint density at radius 2 is 2.19 bits per heavy atom. The van der Waals surface area contributed by atoms with E-state index >= 15 is 0 Å². The molecule has 4 nitrogen and oxygen atoms in total. The summed E-state index contributed by atoms with van der Waals surface area (Å²) in [5.74, 6) is 1.06. The van der Waals surface area contributed by atoms with Crippen molar-refractivity contribution < 1.29 is 4.74 Å². The number of hydrogen-bond acceptors (Lipinski definition) is 4. The Morgan fingerprint density at radius 3 is 2.90 bits per heavy atom. The maximum atomic E-state index is 5.71. The molecule has 2 atom stereocenters. The van der Waals surface area contributed by atoms with Gasteiger partial charge in [0.05, 0.1) is 17.7 Å². The average molecular weight is 285 g/mol. The lowest BCUT2D eigenvalue weighted by molar-refractivity contribution is 0.118. The van der Waals surface area contributed by atoms with E-state index in [4.69, 9.17) is 9.72 Å². The van der Waals surface area contributed by atoms with E-state index in [0.717, 1.165) is 30.9 Å². The third-order valence-electron chi connectivity index (χ3n) is 4.32. The fourth-order valence-corrected chi connectivity index (χ4v) is 3.16. The summed E-state index contributed by atoms with van der Waals surface area (Å²) in [5.41, 5.74) is 2.28. The van der Waals surface area contributed by atoms with Crippen molar-refractivity contribution in [3.63, 3.8) is 0 Å². The predicted octanol–water partition coefficient (Wildman–Crippen LogP) is 2.57. The highest BCUT2D eigenvalue weighted by molar-refractivity contribution is 5.81. The lowest BCUT2D eigenvalue weighted by atomic mass is 10.1. The number of fused-ring (bicyclic) bond motifs is 1. The van der Waals surface area contributed by atoms with Crippen LogP contribution in [0.1, 0.15) is 18.9 Å². The SMILES string of the molecule is CNCc1cc2ccccc2nc1N(C)C1CCOC1C. The third-order valence-corrected chi connectivity index (χ3v) is 4.32. The Labute approximate surface area is 126 Å². The molecule has 1 aromatic heterocycles. The summed E-state index contributed by atoms with van der Waals surface area (Å²) < 4.78 is 5.71. The number of pyridine rings is 1. The smallest absolute Gasteiger partial charge is 0.133 e. The number of hydrogen-bond donors (Lipinski definition) is 1. The van der Waals surface area contributed by atoms with Gasteiger partial charge in [0.2, 0.25) is 0 Å². The highest BCUT2D eigenvalue weighted by atomic mass is 16.5. The standard InChI is InChI=1S/C17H23N3O/c1-12-16(8-9-21-12)20(3)17-14(11-18-2)10-13-6-4-5-7-15(13)19-17/h4-7,10,12,16,18H,8-9,11H2,1-3H3. The topological polar surface area (TPSA) is 37.4 Å². The molecule has 0 saturated carbocycles. The van der Waals surface area contributed by atoms with Crippen molar-refractivity contribution in [2.75, 3.05) is 25.6 Å². The van der Waals surface area contributed by atoms with Crippen LogP contribution in [0, 0.1) is 0 Å². The second-order valence-electron chi connectivity index (χ2n) is 5.74. The summed E-state index contributed by atoms with van der Waals surface area (Å²) in [6.45, 7) is 3.80. The van der Waals surface area contributed by atoms with Gasteiger partial charge in [-0.3, -0.25) is 0 Å². The van der Waals surface area contributed by atoms with Crippen LogP contribution in [-0.4, -0.2) is 37.8 Å². The monoisotopic (exact) mass is 285 g/mol. The first kappa shape index (κ1) is 14.3. The number of nitrogens with one attached hydrogen (secondary N) is 1. The molecule has 21 heavy (non-hydrogen) atoms. The molecule has 4 heteroatoms. The van der Waals surface area contributed by atoms with E-state index in [9.17, 15) is 0 Å². The predicted molar refractivity (Wildman–Crippen MR) is 86.7 cm³/mol. The quantitative estimate of drug-likeness (QED) is 0.937. The van der Waals surface area contributed by atoms with Crippen LogP contribution in [0.3, 0.4) is 0 Å². The van der Waals surface area contributed by atoms with Gasteiger partial charge in [0, 0.05) is 31.1 Å². The van der Waals surface area contributed by atoms with E-state index in [1.807, 2.05) is 13.1 Å². The van der Waals surface area contributed by atoms with Crippen LogP contribution in [0.25, 0.3) is 10.9 Å². The number of anilines is 1. The van der Waals surface area contributed by atoms with Gasteiger partial charge in [-0.25, -0.2) is 4.98 Å². The molecule has 0 radical (unpaired) electrons. The first-order chi connectivity index (χ1) is 10.2. The van der Waals surface area contributed by atoms with Gasteiger partial charge in [-0.2, -0.15) is 0 Å². The molecule has 0 aliphatic carbocycles. The summed E-state index contributed by atoms with van der Waals surface area (Å²) in [4.78, 5) is 7.19. The number of para-hydroxylation sites is 1. The highest BCUT2D eigenvalue weighted by Gasteiger charge is 2.29. The van der Waals surface area contributed by atoms with E-state index in [2.05, 4.69) is 48.5 Å². The van der Waals surface area contributed by atoms with Crippen molar-refractivity contribution in [1.82, 2.24) is 10.3 Å². The van der Waals surface area contributed by atoms with Crippen LogP contribution >= 0.6 is 0 Å². The van der Waals surface area contributed by atoms with Crippen molar-refractivity contribution >= 4 is 16.7 Å². The van der Waals surface area contributed by atoms with Gasteiger partial charge in [-0.15, -0.1) is 0 Å². The summed E-state index contributed by atoms with van der Waals surface area (Å²) in [5, 5.41) is 4.44. The van der Waals surface area contributed by atoms with Gasteiger partial charge in [-0.05, 0) is 32.5 Å². The normalized spacial score (nSPS) is 21.9. The van der Waals surface area contributed by atoms with E-state index in [-0.39, 0.29) is 6.10 Å². The van der Waals surface area contributed by atoms with E-state index in [0.29, 0.717) is 6.04 Å². The summed E-state index contributed by atoms with van der Waals surface area (Å²) in [6.07, 6.45) is 1.32. The molecule has 112 valence electrons. The van der Waals surface area contributed by atoms with Gasteiger partial charge < -0.3 is 15.0 Å². The Bertz CT molecular complexity index is 628. The molecule has 3 rings (SSSR count). The largest absolute Gasteiger partial charge is 0.376 e. The maximum Gasteiger partial charge on any atom is 0.133 e. The van der Waals surface area contributed by atoms with E-state index in [1.165, 1.54) is 10.9 Å². The lowest BCUT2D eigenvalue weighted by Crippen LogP contribution is -2.38. The summed E-state index contributed by atoms with van der Waals surface area (Å²) >= 11 is 0. The number of ether oxygens (including phenoxy) is 1. The zero-order valence-corrected chi connectivity index (χ0v) is 13.0. The molecule has 1 aromatic carbocycles. The van der Waals surface area contributed by atoms with Crippen LogP contribution in [-0.2, 0) is 11.3 Å². The number of nitrogens with zero attached hydrogens (tertiary/aromatic N) is 2. The second kappa shape index (κ2) is 6.00. The van der Waals surface area contributed by atoms with Crippen molar-refractivity contribution in [3.05, 3.63) is 35.9 Å². The first-order valence-electron chi connectivity index (χ1n) is 7.58. The molecule has 0 amide bonds. The Hall–Kier alpha value is -1.65. The molecule has 1 aliphatic rings. The van der Waals surface area contributed by atoms with E-state index in [1.54, 1.807) is 0 Å². The molecule has 0 spiro atoms. The van der Waals surface area contributed by atoms with Crippen LogP contribution < -0.4 is 10.2 Å². The second-order valence-corrected chi connectivity index (χ2v) is 5.74. The van der Waals surface area contributed by atoms with Gasteiger partial charge in [-0.1, -0.05) is 18.2 Å².